The highest BCUT2D eigenvalue weighted by molar-refractivity contribution is 6.06. The van der Waals surface area contributed by atoms with Crippen molar-refractivity contribution in [3.63, 3.8) is 0 Å². The average molecular weight is 323 g/mol. The van der Waals surface area contributed by atoms with E-state index in [1.807, 2.05) is 48.5 Å². The quantitative estimate of drug-likeness (QED) is 0.395. The van der Waals surface area contributed by atoms with Crippen LogP contribution in [-0.4, -0.2) is 17.0 Å². The number of carbonyl (C=O) groups excluding carboxylic acids is 1. The summed E-state index contributed by atoms with van der Waals surface area (Å²) in [7, 11) is 0. The predicted octanol–water partition coefficient (Wildman–Crippen LogP) is 2.82. The minimum atomic E-state index is -0.546. The number of aliphatic hydroxyl groups is 1. The zero-order valence-corrected chi connectivity index (χ0v) is 13.7. The lowest BCUT2D eigenvalue weighted by atomic mass is 9.96. The van der Waals surface area contributed by atoms with Gasteiger partial charge in [-0.1, -0.05) is 42.5 Å². The molecule has 2 rings (SSSR count). The van der Waals surface area contributed by atoms with E-state index in [1.54, 1.807) is 19.9 Å². The number of nitrogens with one attached hydrogen (secondary N) is 2. The van der Waals surface area contributed by atoms with Gasteiger partial charge in [0.15, 0.2) is 5.96 Å². The van der Waals surface area contributed by atoms with Gasteiger partial charge in [-0.2, -0.15) is 0 Å². The van der Waals surface area contributed by atoms with Gasteiger partial charge in [-0.15, -0.1) is 0 Å². The van der Waals surface area contributed by atoms with E-state index in [0.29, 0.717) is 5.57 Å². The Kier molecular flexibility index (Phi) is 5.50. The van der Waals surface area contributed by atoms with Gasteiger partial charge in [0.05, 0.1) is 6.10 Å². The highest BCUT2D eigenvalue weighted by atomic mass is 16.3. The SMILES string of the molecule is C/C(=C\c1ccccc1-c1cccc(C(C)O)c1)C(=O)NC(=N)N. The Morgan fingerprint density at radius 1 is 1.25 bits per heavy atom. The topological polar surface area (TPSA) is 99.2 Å². The summed E-state index contributed by atoms with van der Waals surface area (Å²) in [4.78, 5) is 11.9. The zero-order chi connectivity index (χ0) is 17.7. The molecule has 0 aliphatic rings. The van der Waals surface area contributed by atoms with Crippen molar-refractivity contribution in [1.29, 1.82) is 5.41 Å². The van der Waals surface area contributed by atoms with Gasteiger partial charge in [-0.3, -0.25) is 15.5 Å². The Balaban J connectivity index is 2.43. The first-order valence-corrected chi connectivity index (χ1v) is 7.59. The molecule has 1 amide bonds. The van der Waals surface area contributed by atoms with Crippen LogP contribution in [0.1, 0.15) is 31.1 Å². The molecule has 0 aromatic heterocycles. The van der Waals surface area contributed by atoms with Gasteiger partial charge in [0.1, 0.15) is 0 Å². The van der Waals surface area contributed by atoms with Gasteiger partial charge >= 0.3 is 0 Å². The maximum atomic E-state index is 11.9. The van der Waals surface area contributed by atoms with Gasteiger partial charge in [-0.25, -0.2) is 0 Å². The Morgan fingerprint density at radius 3 is 2.62 bits per heavy atom. The van der Waals surface area contributed by atoms with Crippen LogP contribution in [0, 0.1) is 5.41 Å². The van der Waals surface area contributed by atoms with E-state index >= 15 is 0 Å². The van der Waals surface area contributed by atoms with Crippen molar-refractivity contribution in [3.05, 3.63) is 65.2 Å². The van der Waals surface area contributed by atoms with Gasteiger partial charge in [0.2, 0.25) is 0 Å². The molecule has 2 aromatic rings. The fraction of sp³-hybridized carbons (Fsp3) is 0.158. The number of aliphatic hydroxyl groups excluding tert-OH is 1. The van der Waals surface area contributed by atoms with Crippen LogP contribution < -0.4 is 11.1 Å². The maximum Gasteiger partial charge on any atom is 0.253 e. The van der Waals surface area contributed by atoms with E-state index in [1.165, 1.54) is 0 Å². The normalized spacial score (nSPS) is 12.5. The number of amides is 1. The molecule has 0 bridgehead atoms. The van der Waals surface area contributed by atoms with E-state index in [2.05, 4.69) is 5.32 Å². The third-order valence-corrected chi connectivity index (χ3v) is 3.62. The van der Waals surface area contributed by atoms with Crippen molar-refractivity contribution >= 4 is 17.9 Å². The standard InChI is InChI=1S/C19H21N3O2/c1-12(18(24)22-19(20)21)10-15-6-3-4-9-17(15)16-8-5-7-14(11-16)13(2)23/h3-11,13,23H,1-2H3,(H4,20,21,22,24)/b12-10+. The molecule has 0 fully saturated rings. The second-order valence-corrected chi connectivity index (χ2v) is 5.58. The van der Waals surface area contributed by atoms with E-state index in [4.69, 9.17) is 11.1 Å². The summed E-state index contributed by atoms with van der Waals surface area (Å²) < 4.78 is 0. The summed E-state index contributed by atoms with van der Waals surface area (Å²) in [5, 5.41) is 19.2. The molecule has 0 aliphatic heterocycles. The number of benzene rings is 2. The third-order valence-electron chi connectivity index (χ3n) is 3.62. The smallest absolute Gasteiger partial charge is 0.253 e. The van der Waals surface area contributed by atoms with E-state index in [-0.39, 0.29) is 5.96 Å². The molecule has 1 atom stereocenters. The summed E-state index contributed by atoms with van der Waals surface area (Å²) in [5.41, 5.74) is 9.25. The van der Waals surface area contributed by atoms with Crippen LogP contribution in [-0.2, 0) is 4.79 Å². The van der Waals surface area contributed by atoms with Crippen molar-refractivity contribution in [2.75, 3.05) is 0 Å². The molecule has 0 radical (unpaired) electrons. The highest BCUT2D eigenvalue weighted by Crippen LogP contribution is 2.27. The minimum absolute atomic E-state index is 0.384. The van der Waals surface area contributed by atoms with Crippen molar-refractivity contribution in [2.45, 2.75) is 20.0 Å². The van der Waals surface area contributed by atoms with Gasteiger partial charge in [0, 0.05) is 5.57 Å². The number of rotatable bonds is 4. The van der Waals surface area contributed by atoms with Crippen molar-refractivity contribution in [2.24, 2.45) is 5.73 Å². The lowest BCUT2D eigenvalue weighted by molar-refractivity contribution is -0.116. The molecular formula is C19H21N3O2. The molecule has 0 saturated carbocycles. The Labute approximate surface area is 141 Å². The van der Waals surface area contributed by atoms with Gasteiger partial charge in [0.25, 0.3) is 5.91 Å². The monoisotopic (exact) mass is 323 g/mol. The maximum absolute atomic E-state index is 11.9. The van der Waals surface area contributed by atoms with Crippen LogP contribution in [0.5, 0.6) is 0 Å². The van der Waals surface area contributed by atoms with Crippen LogP contribution >= 0.6 is 0 Å². The number of carbonyl (C=O) groups is 1. The molecule has 5 heteroatoms. The lowest BCUT2D eigenvalue weighted by Crippen LogP contribution is -2.36. The predicted molar refractivity (Wildman–Crippen MR) is 96.2 cm³/mol. The van der Waals surface area contributed by atoms with Gasteiger partial charge < -0.3 is 10.8 Å². The first-order chi connectivity index (χ1) is 11.4. The molecule has 5 nitrogen and oxygen atoms in total. The van der Waals surface area contributed by atoms with Crippen molar-refractivity contribution < 1.29 is 9.90 Å². The number of hydrogen-bond donors (Lipinski definition) is 4. The Morgan fingerprint density at radius 2 is 1.96 bits per heavy atom. The van der Waals surface area contributed by atoms with E-state index in [0.717, 1.165) is 22.3 Å². The molecule has 2 aromatic carbocycles. The van der Waals surface area contributed by atoms with Crippen molar-refractivity contribution in [3.8, 4) is 11.1 Å². The molecule has 24 heavy (non-hydrogen) atoms. The lowest BCUT2D eigenvalue weighted by Gasteiger charge is -2.11. The molecule has 1 unspecified atom stereocenters. The second kappa shape index (κ2) is 7.57. The van der Waals surface area contributed by atoms with Crippen LogP contribution in [0.15, 0.2) is 54.1 Å². The number of nitrogens with two attached hydrogens (primary N) is 1. The summed E-state index contributed by atoms with van der Waals surface area (Å²) in [6.45, 7) is 3.39. The first kappa shape index (κ1) is 17.4. The summed E-state index contributed by atoms with van der Waals surface area (Å²) >= 11 is 0. The summed E-state index contributed by atoms with van der Waals surface area (Å²) in [5.74, 6) is -0.791. The third kappa shape index (κ3) is 4.30. The number of hydrogen-bond acceptors (Lipinski definition) is 3. The van der Waals surface area contributed by atoms with Crippen molar-refractivity contribution in [1.82, 2.24) is 5.32 Å². The number of guanidine groups is 1. The first-order valence-electron chi connectivity index (χ1n) is 7.59. The Bertz CT molecular complexity index is 795. The molecule has 0 heterocycles. The zero-order valence-electron chi connectivity index (χ0n) is 13.7. The molecule has 0 aliphatic carbocycles. The minimum Gasteiger partial charge on any atom is -0.389 e. The molecule has 5 N–H and O–H groups in total. The Hall–Kier alpha value is -2.92. The largest absolute Gasteiger partial charge is 0.389 e. The van der Waals surface area contributed by atoms with Crippen LogP contribution in [0.3, 0.4) is 0 Å². The van der Waals surface area contributed by atoms with Crippen LogP contribution in [0.4, 0.5) is 0 Å². The summed E-state index contributed by atoms with van der Waals surface area (Å²) in [6, 6.07) is 15.4. The van der Waals surface area contributed by atoms with Crippen LogP contribution in [0.2, 0.25) is 0 Å². The van der Waals surface area contributed by atoms with E-state index in [9.17, 15) is 9.90 Å². The fourth-order valence-electron chi connectivity index (χ4n) is 2.37. The van der Waals surface area contributed by atoms with E-state index < -0.39 is 12.0 Å². The van der Waals surface area contributed by atoms with Gasteiger partial charge in [-0.05, 0) is 48.2 Å². The molecular weight excluding hydrogens is 302 g/mol. The summed E-state index contributed by atoms with van der Waals surface area (Å²) in [6.07, 6.45) is 1.21. The second-order valence-electron chi connectivity index (χ2n) is 5.58. The van der Waals surface area contributed by atoms with Crippen LogP contribution in [0.25, 0.3) is 17.2 Å². The average Bonchev–Trinajstić information content (AvgIpc) is 2.54. The molecule has 124 valence electrons. The fourth-order valence-corrected chi connectivity index (χ4v) is 2.37. The molecule has 0 saturated heterocycles. The highest BCUT2D eigenvalue weighted by Gasteiger charge is 2.09. The molecule has 0 spiro atoms.